The molecule has 3 heteroatoms. The molecule has 2 fully saturated rings. The Bertz CT molecular complexity index is 184. The van der Waals surface area contributed by atoms with Crippen LogP contribution in [0.3, 0.4) is 0 Å². The van der Waals surface area contributed by atoms with Crippen LogP contribution in [-0.4, -0.2) is 48.6 Å². The molecule has 0 aliphatic carbocycles. The Balaban J connectivity index is 1.97. The summed E-state index contributed by atoms with van der Waals surface area (Å²) in [5, 5.41) is 3.45. The maximum atomic E-state index is 3.45. The molecule has 2 unspecified atom stereocenters. The average molecular weight is 228 g/mol. The van der Waals surface area contributed by atoms with E-state index in [0.29, 0.717) is 0 Å². The molecule has 0 saturated carbocycles. The van der Waals surface area contributed by atoms with E-state index in [4.69, 9.17) is 0 Å². The lowest BCUT2D eigenvalue weighted by Crippen LogP contribution is -2.52. The first-order valence-electron chi connectivity index (χ1n) is 6.31. The maximum absolute atomic E-state index is 3.45. The van der Waals surface area contributed by atoms with Crippen LogP contribution in [0.15, 0.2) is 0 Å². The Labute approximate surface area is 98.2 Å². The first-order chi connectivity index (χ1) is 7.29. The van der Waals surface area contributed by atoms with E-state index in [0.717, 1.165) is 17.9 Å². The molecule has 1 N–H and O–H groups in total. The van der Waals surface area contributed by atoms with Crippen LogP contribution in [0.25, 0.3) is 0 Å². The summed E-state index contributed by atoms with van der Waals surface area (Å²) in [5.41, 5.74) is 0. The van der Waals surface area contributed by atoms with Crippen LogP contribution in [0, 0.1) is 11.8 Å². The van der Waals surface area contributed by atoms with E-state index < -0.39 is 0 Å². The Kier molecular flexibility index (Phi) is 4.35. The summed E-state index contributed by atoms with van der Waals surface area (Å²) in [5.74, 6) is 4.55. The summed E-state index contributed by atoms with van der Waals surface area (Å²) in [6.07, 6.45) is 1.44. The van der Waals surface area contributed by atoms with Crippen LogP contribution in [0.1, 0.15) is 20.3 Å². The van der Waals surface area contributed by atoms with Gasteiger partial charge in [0.05, 0.1) is 0 Å². The van der Waals surface area contributed by atoms with Gasteiger partial charge >= 0.3 is 0 Å². The summed E-state index contributed by atoms with van der Waals surface area (Å²) in [7, 11) is 0. The second-order valence-corrected chi connectivity index (χ2v) is 6.29. The summed E-state index contributed by atoms with van der Waals surface area (Å²) in [4.78, 5) is 2.73. The fraction of sp³-hybridized carbons (Fsp3) is 1.00. The van der Waals surface area contributed by atoms with Crippen molar-refractivity contribution in [2.75, 3.05) is 37.7 Å². The van der Waals surface area contributed by atoms with Crippen LogP contribution in [-0.2, 0) is 0 Å². The van der Waals surface area contributed by atoms with Crippen LogP contribution in [0.4, 0.5) is 0 Å². The van der Waals surface area contributed by atoms with E-state index in [-0.39, 0.29) is 0 Å². The van der Waals surface area contributed by atoms with Crippen LogP contribution in [0.5, 0.6) is 0 Å². The monoisotopic (exact) mass is 228 g/mol. The van der Waals surface area contributed by atoms with E-state index in [1.165, 1.54) is 44.1 Å². The zero-order valence-electron chi connectivity index (χ0n) is 10.0. The summed E-state index contributed by atoms with van der Waals surface area (Å²) in [6.45, 7) is 9.67. The number of piperazine rings is 1. The molecule has 0 aromatic heterocycles. The number of hydrogen-bond donors (Lipinski definition) is 1. The van der Waals surface area contributed by atoms with Crippen molar-refractivity contribution in [2.24, 2.45) is 11.8 Å². The minimum atomic E-state index is 0.812. The van der Waals surface area contributed by atoms with Gasteiger partial charge in [0.15, 0.2) is 0 Å². The molecule has 15 heavy (non-hydrogen) atoms. The second kappa shape index (κ2) is 5.55. The summed E-state index contributed by atoms with van der Waals surface area (Å²) in [6, 6.07) is 0.835. The lowest BCUT2D eigenvalue weighted by Gasteiger charge is -2.40. The normalized spacial score (nSPS) is 31.0. The van der Waals surface area contributed by atoms with E-state index in [1.54, 1.807) is 0 Å². The number of nitrogens with one attached hydrogen (secondary N) is 1. The van der Waals surface area contributed by atoms with Crippen molar-refractivity contribution in [2.45, 2.75) is 26.3 Å². The molecule has 2 aliphatic rings. The highest BCUT2D eigenvalue weighted by molar-refractivity contribution is 7.99. The molecule has 2 heterocycles. The van der Waals surface area contributed by atoms with Gasteiger partial charge in [-0.25, -0.2) is 0 Å². The lowest BCUT2D eigenvalue weighted by molar-refractivity contribution is 0.0968. The van der Waals surface area contributed by atoms with Gasteiger partial charge in [-0.15, -0.1) is 0 Å². The van der Waals surface area contributed by atoms with Crippen LogP contribution < -0.4 is 5.32 Å². The SMILES string of the molecule is CC(C)C(C1CCSC1)N1CCNCC1. The Morgan fingerprint density at radius 1 is 1.27 bits per heavy atom. The quantitative estimate of drug-likeness (QED) is 0.791. The van der Waals surface area contributed by atoms with Gasteiger partial charge in [0.1, 0.15) is 0 Å². The minimum absolute atomic E-state index is 0.812. The van der Waals surface area contributed by atoms with Crippen molar-refractivity contribution in [1.82, 2.24) is 10.2 Å². The standard InChI is InChI=1S/C12H24N2S/c1-10(2)12(11-3-8-15-9-11)14-6-4-13-5-7-14/h10-13H,3-9H2,1-2H3. The van der Waals surface area contributed by atoms with Gasteiger partial charge in [-0.3, -0.25) is 4.90 Å². The number of hydrogen-bond acceptors (Lipinski definition) is 3. The van der Waals surface area contributed by atoms with Crippen molar-refractivity contribution in [3.63, 3.8) is 0 Å². The van der Waals surface area contributed by atoms with Crippen molar-refractivity contribution in [1.29, 1.82) is 0 Å². The predicted octanol–water partition coefficient (Wildman–Crippen LogP) is 1.67. The van der Waals surface area contributed by atoms with Crippen LogP contribution >= 0.6 is 11.8 Å². The fourth-order valence-electron chi connectivity index (χ4n) is 3.07. The average Bonchev–Trinajstić information content (AvgIpc) is 2.72. The third-order valence-corrected chi connectivity index (χ3v) is 4.89. The highest BCUT2D eigenvalue weighted by Crippen LogP contribution is 2.32. The topological polar surface area (TPSA) is 15.3 Å². The van der Waals surface area contributed by atoms with Gasteiger partial charge in [0.25, 0.3) is 0 Å². The molecule has 0 spiro atoms. The summed E-state index contributed by atoms with van der Waals surface area (Å²) >= 11 is 2.15. The maximum Gasteiger partial charge on any atom is 0.0156 e. The molecule has 0 bridgehead atoms. The van der Waals surface area contributed by atoms with Gasteiger partial charge in [0.2, 0.25) is 0 Å². The van der Waals surface area contributed by atoms with Gasteiger partial charge in [-0.1, -0.05) is 13.8 Å². The molecule has 2 aliphatic heterocycles. The van der Waals surface area contributed by atoms with E-state index in [1.807, 2.05) is 0 Å². The van der Waals surface area contributed by atoms with Gasteiger partial charge in [0, 0.05) is 32.2 Å². The second-order valence-electron chi connectivity index (χ2n) is 5.14. The molecular weight excluding hydrogens is 204 g/mol. The fourth-order valence-corrected chi connectivity index (χ4v) is 4.37. The van der Waals surface area contributed by atoms with Gasteiger partial charge < -0.3 is 5.32 Å². The van der Waals surface area contributed by atoms with Crippen molar-refractivity contribution in [3.8, 4) is 0 Å². The molecule has 0 aromatic rings. The highest BCUT2D eigenvalue weighted by Gasteiger charge is 2.32. The highest BCUT2D eigenvalue weighted by atomic mass is 32.2. The predicted molar refractivity (Wildman–Crippen MR) is 68.5 cm³/mol. The number of rotatable bonds is 3. The smallest absolute Gasteiger partial charge is 0.0156 e. The minimum Gasteiger partial charge on any atom is -0.314 e. The van der Waals surface area contributed by atoms with Crippen molar-refractivity contribution < 1.29 is 0 Å². The number of nitrogens with zero attached hydrogens (tertiary/aromatic N) is 1. The van der Waals surface area contributed by atoms with Gasteiger partial charge in [-0.05, 0) is 29.8 Å². The lowest BCUT2D eigenvalue weighted by atomic mass is 9.88. The van der Waals surface area contributed by atoms with E-state index >= 15 is 0 Å². The van der Waals surface area contributed by atoms with E-state index in [9.17, 15) is 0 Å². The van der Waals surface area contributed by atoms with Crippen molar-refractivity contribution >= 4 is 11.8 Å². The molecule has 0 aromatic carbocycles. The number of thioether (sulfide) groups is 1. The van der Waals surface area contributed by atoms with Crippen LogP contribution in [0.2, 0.25) is 0 Å². The molecule has 88 valence electrons. The molecule has 2 atom stereocenters. The third-order valence-electron chi connectivity index (χ3n) is 3.70. The van der Waals surface area contributed by atoms with Crippen molar-refractivity contribution in [3.05, 3.63) is 0 Å². The molecular formula is C12H24N2S. The summed E-state index contributed by atoms with van der Waals surface area (Å²) < 4.78 is 0. The zero-order chi connectivity index (χ0) is 10.7. The molecule has 2 saturated heterocycles. The van der Waals surface area contributed by atoms with E-state index in [2.05, 4.69) is 35.8 Å². The molecule has 0 amide bonds. The Hall–Kier alpha value is 0.270. The molecule has 0 radical (unpaired) electrons. The molecule has 2 rings (SSSR count). The van der Waals surface area contributed by atoms with Gasteiger partial charge in [-0.2, -0.15) is 11.8 Å². The zero-order valence-corrected chi connectivity index (χ0v) is 10.9. The third kappa shape index (κ3) is 2.89. The molecule has 2 nitrogen and oxygen atoms in total. The first-order valence-corrected chi connectivity index (χ1v) is 7.47. The Morgan fingerprint density at radius 3 is 2.53 bits per heavy atom. The first kappa shape index (κ1) is 11.7. The largest absolute Gasteiger partial charge is 0.314 e. The Morgan fingerprint density at radius 2 is 2.00 bits per heavy atom.